The van der Waals surface area contributed by atoms with Crippen molar-refractivity contribution in [3.8, 4) is 5.75 Å². The summed E-state index contributed by atoms with van der Waals surface area (Å²) in [5.74, 6) is 0.259. The molecule has 0 unspecified atom stereocenters. The molecule has 0 spiro atoms. The number of hydrogen-bond acceptors (Lipinski definition) is 5. The Hall–Kier alpha value is -1.80. The lowest BCUT2D eigenvalue weighted by Crippen LogP contribution is -2.49. The van der Waals surface area contributed by atoms with Crippen molar-refractivity contribution in [1.29, 1.82) is 0 Å². The van der Waals surface area contributed by atoms with Gasteiger partial charge in [0.1, 0.15) is 11.8 Å². The molecule has 1 aromatic carbocycles. The van der Waals surface area contributed by atoms with E-state index in [2.05, 4.69) is 5.32 Å². The lowest BCUT2D eigenvalue weighted by atomic mass is 10.2. The van der Waals surface area contributed by atoms with E-state index in [4.69, 9.17) is 9.47 Å². The minimum Gasteiger partial charge on any atom is -0.497 e. The van der Waals surface area contributed by atoms with E-state index in [-0.39, 0.29) is 12.0 Å². The Morgan fingerprint density at radius 1 is 1.42 bits per heavy atom. The average Bonchev–Trinajstić information content (AvgIpc) is 3.05. The van der Waals surface area contributed by atoms with Gasteiger partial charge in [-0.15, -0.1) is 0 Å². The van der Waals surface area contributed by atoms with Gasteiger partial charge < -0.3 is 14.8 Å². The minimum absolute atomic E-state index is 0.00817. The van der Waals surface area contributed by atoms with E-state index in [1.165, 1.54) is 7.11 Å². The molecule has 1 aliphatic heterocycles. The predicted molar refractivity (Wildman–Crippen MR) is 91.8 cm³/mol. The van der Waals surface area contributed by atoms with Crippen LogP contribution in [0.15, 0.2) is 24.3 Å². The molecule has 0 aromatic heterocycles. The van der Waals surface area contributed by atoms with E-state index in [9.17, 15) is 13.2 Å². The second-order valence-electron chi connectivity index (χ2n) is 5.81. The molecule has 1 aliphatic rings. The molecule has 0 aliphatic carbocycles. The molecular formula is C16H24N2O5S. The van der Waals surface area contributed by atoms with Crippen molar-refractivity contribution in [1.82, 2.24) is 5.32 Å². The highest BCUT2D eigenvalue weighted by molar-refractivity contribution is 7.92. The van der Waals surface area contributed by atoms with Crippen LogP contribution in [0, 0.1) is 0 Å². The number of methoxy groups -OCH3 is 1. The second kappa shape index (κ2) is 7.85. The molecule has 1 heterocycles. The molecule has 2 atom stereocenters. The summed E-state index contributed by atoms with van der Waals surface area (Å²) in [5.41, 5.74) is 0.415. The first-order chi connectivity index (χ1) is 11.3. The van der Waals surface area contributed by atoms with Gasteiger partial charge in [-0.05, 0) is 44.0 Å². The van der Waals surface area contributed by atoms with Crippen molar-refractivity contribution < 1.29 is 22.7 Å². The van der Waals surface area contributed by atoms with Gasteiger partial charge >= 0.3 is 0 Å². The second-order valence-corrected chi connectivity index (χ2v) is 7.67. The summed E-state index contributed by atoms with van der Waals surface area (Å²) in [6, 6.07) is 5.68. The number of hydrogen-bond donors (Lipinski definition) is 1. The van der Waals surface area contributed by atoms with Crippen LogP contribution in [0.25, 0.3) is 0 Å². The summed E-state index contributed by atoms with van der Waals surface area (Å²) < 4.78 is 36.0. The Balaban J connectivity index is 2.12. The van der Waals surface area contributed by atoms with E-state index in [0.29, 0.717) is 24.6 Å². The first-order valence-corrected chi connectivity index (χ1v) is 9.70. The third kappa shape index (κ3) is 4.61. The Bertz CT molecular complexity index is 654. The molecule has 1 amide bonds. The zero-order chi connectivity index (χ0) is 17.7. The smallest absolute Gasteiger partial charge is 0.243 e. The fourth-order valence-corrected chi connectivity index (χ4v) is 3.88. The first-order valence-electron chi connectivity index (χ1n) is 7.85. The van der Waals surface area contributed by atoms with Gasteiger partial charge in [-0.1, -0.05) is 0 Å². The normalized spacial score (nSPS) is 18.9. The fourth-order valence-electron chi connectivity index (χ4n) is 2.71. The summed E-state index contributed by atoms with van der Waals surface area (Å²) in [6.07, 6.45) is 2.98. The van der Waals surface area contributed by atoms with Crippen molar-refractivity contribution >= 4 is 21.6 Å². The van der Waals surface area contributed by atoms with Crippen LogP contribution in [0.2, 0.25) is 0 Å². The maximum atomic E-state index is 12.4. The molecule has 0 bridgehead atoms. The van der Waals surface area contributed by atoms with Crippen molar-refractivity contribution in [2.45, 2.75) is 31.9 Å². The van der Waals surface area contributed by atoms with Gasteiger partial charge in [0.2, 0.25) is 15.9 Å². The Kier molecular flexibility index (Phi) is 6.06. The summed E-state index contributed by atoms with van der Waals surface area (Å²) in [6.45, 7) is 2.66. The highest BCUT2D eigenvalue weighted by Gasteiger charge is 2.29. The molecule has 1 aromatic rings. The highest BCUT2D eigenvalue weighted by Crippen LogP contribution is 2.23. The topological polar surface area (TPSA) is 84.9 Å². The Morgan fingerprint density at radius 3 is 2.58 bits per heavy atom. The largest absolute Gasteiger partial charge is 0.497 e. The van der Waals surface area contributed by atoms with Crippen LogP contribution in [0.3, 0.4) is 0 Å². The van der Waals surface area contributed by atoms with Crippen LogP contribution in [-0.2, 0) is 19.6 Å². The number of benzene rings is 1. The van der Waals surface area contributed by atoms with E-state index in [1.807, 2.05) is 0 Å². The number of carbonyl (C=O) groups is 1. The summed E-state index contributed by atoms with van der Waals surface area (Å²) >= 11 is 0. The number of nitrogens with zero attached hydrogens (tertiary/aromatic N) is 1. The van der Waals surface area contributed by atoms with E-state index >= 15 is 0 Å². The van der Waals surface area contributed by atoms with Crippen molar-refractivity contribution in [2.24, 2.45) is 0 Å². The maximum absolute atomic E-state index is 12.4. The predicted octanol–water partition coefficient (Wildman–Crippen LogP) is 1.14. The highest BCUT2D eigenvalue weighted by atomic mass is 32.2. The molecule has 1 N–H and O–H groups in total. The number of carbonyl (C=O) groups excluding carboxylic acids is 1. The van der Waals surface area contributed by atoms with E-state index < -0.39 is 16.1 Å². The van der Waals surface area contributed by atoms with Crippen LogP contribution in [0.5, 0.6) is 5.75 Å². The number of amides is 1. The van der Waals surface area contributed by atoms with Gasteiger partial charge in [0.15, 0.2) is 0 Å². The standard InChI is InChI=1S/C16H24N2O5S/c1-12(16(19)17-11-15-5-4-10-23-15)18(24(3,20)21)13-6-8-14(22-2)9-7-13/h6-9,12,15H,4-5,10-11H2,1-3H3,(H,17,19)/t12-,15+/m0/s1. The zero-order valence-electron chi connectivity index (χ0n) is 14.2. The van der Waals surface area contributed by atoms with Gasteiger partial charge in [-0.25, -0.2) is 8.42 Å². The lowest BCUT2D eigenvalue weighted by Gasteiger charge is -2.28. The number of anilines is 1. The molecular weight excluding hydrogens is 332 g/mol. The molecule has 0 radical (unpaired) electrons. The van der Waals surface area contributed by atoms with Gasteiger partial charge in [-0.3, -0.25) is 9.10 Å². The number of sulfonamides is 1. The van der Waals surface area contributed by atoms with Crippen LogP contribution in [0.4, 0.5) is 5.69 Å². The molecule has 8 heteroatoms. The van der Waals surface area contributed by atoms with Gasteiger partial charge in [0.05, 0.1) is 25.2 Å². The molecule has 2 rings (SSSR count). The van der Waals surface area contributed by atoms with E-state index in [0.717, 1.165) is 23.4 Å². The number of ether oxygens (including phenoxy) is 2. The maximum Gasteiger partial charge on any atom is 0.243 e. The van der Waals surface area contributed by atoms with Crippen molar-refractivity contribution in [2.75, 3.05) is 30.8 Å². The van der Waals surface area contributed by atoms with Crippen LogP contribution in [0.1, 0.15) is 19.8 Å². The average molecular weight is 356 g/mol. The summed E-state index contributed by atoms with van der Waals surface area (Å²) in [5, 5.41) is 2.77. The van der Waals surface area contributed by atoms with Gasteiger partial charge in [0, 0.05) is 13.2 Å². The zero-order valence-corrected chi connectivity index (χ0v) is 15.0. The van der Waals surface area contributed by atoms with E-state index in [1.54, 1.807) is 31.2 Å². The van der Waals surface area contributed by atoms with Crippen molar-refractivity contribution in [3.05, 3.63) is 24.3 Å². The Labute approximate surface area is 143 Å². The van der Waals surface area contributed by atoms with Crippen LogP contribution in [-0.4, -0.2) is 53.0 Å². The number of nitrogens with one attached hydrogen (secondary N) is 1. The van der Waals surface area contributed by atoms with Crippen molar-refractivity contribution in [3.63, 3.8) is 0 Å². The SMILES string of the molecule is COc1ccc(N([C@@H](C)C(=O)NC[C@H]2CCCO2)S(C)(=O)=O)cc1. The fraction of sp³-hybridized carbons (Fsp3) is 0.562. The van der Waals surface area contributed by atoms with Gasteiger partial charge in [-0.2, -0.15) is 0 Å². The monoisotopic (exact) mass is 356 g/mol. The summed E-state index contributed by atoms with van der Waals surface area (Å²) in [7, 11) is -2.09. The van der Waals surface area contributed by atoms with Crippen LogP contribution >= 0.6 is 0 Å². The van der Waals surface area contributed by atoms with Crippen LogP contribution < -0.4 is 14.4 Å². The third-order valence-corrected chi connectivity index (χ3v) is 5.19. The molecule has 0 saturated carbocycles. The summed E-state index contributed by atoms with van der Waals surface area (Å²) in [4.78, 5) is 12.4. The molecule has 1 fully saturated rings. The van der Waals surface area contributed by atoms with Gasteiger partial charge in [0.25, 0.3) is 0 Å². The molecule has 7 nitrogen and oxygen atoms in total. The first kappa shape index (κ1) is 18.5. The number of rotatable bonds is 7. The minimum atomic E-state index is -3.62. The Morgan fingerprint density at radius 2 is 2.08 bits per heavy atom. The molecule has 24 heavy (non-hydrogen) atoms. The molecule has 1 saturated heterocycles. The molecule has 134 valence electrons. The lowest BCUT2D eigenvalue weighted by molar-refractivity contribution is -0.122. The quantitative estimate of drug-likeness (QED) is 0.792. The third-order valence-electron chi connectivity index (χ3n) is 3.94.